The molecule has 1 aliphatic carbocycles. The first-order valence-electron chi connectivity index (χ1n) is 9.89. The Morgan fingerprint density at radius 1 is 1.18 bits per heavy atom. The number of nitrogens with one attached hydrogen (secondary N) is 2. The van der Waals surface area contributed by atoms with Gasteiger partial charge in [0.25, 0.3) is 5.91 Å². The Bertz CT molecular complexity index is 806. The lowest BCUT2D eigenvalue weighted by Gasteiger charge is -2.41. The molecule has 28 heavy (non-hydrogen) atoms. The number of rotatable bonds is 6. The Hall–Kier alpha value is -2.28. The molecule has 1 amide bonds. The Balaban J connectivity index is 1.68. The van der Waals surface area contributed by atoms with Crippen molar-refractivity contribution in [1.82, 2.24) is 15.6 Å². The normalized spacial score (nSPS) is 22.8. The number of nitrogens with zero attached hydrogens (tertiary/aromatic N) is 1. The summed E-state index contributed by atoms with van der Waals surface area (Å²) in [6.07, 6.45) is 3.47. The van der Waals surface area contributed by atoms with Gasteiger partial charge in [0.15, 0.2) is 0 Å². The van der Waals surface area contributed by atoms with E-state index in [0.717, 1.165) is 31.5 Å². The van der Waals surface area contributed by atoms with Gasteiger partial charge in [-0.1, -0.05) is 30.3 Å². The summed E-state index contributed by atoms with van der Waals surface area (Å²) in [5, 5.41) is 6.67. The minimum Gasteiger partial charge on any atom is -0.382 e. The van der Waals surface area contributed by atoms with Crippen molar-refractivity contribution in [3.8, 4) is 0 Å². The van der Waals surface area contributed by atoms with Crippen LogP contribution in [0, 0.1) is 0 Å². The van der Waals surface area contributed by atoms with Crippen LogP contribution in [0.15, 0.2) is 48.7 Å². The van der Waals surface area contributed by atoms with E-state index in [1.807, 2.05) is 18.2 Å². The summed E-state index contributed by atoms with van der Waals surface area (Å²) >= 11 is 0. The highest BCUT2D eigenvalue weighted by Crippen LogP contribution is 2.51. The SMILES string of the molecule is COCCO[C@H]1[C@H](NC(=O)c2ccccn2)c2ccccc2C12CCNCC2. The average Bonchev–Trinajstić information content (AvgIpc) is 2.99. The minimum absolute atomic E-state index is 0.0996. The number of aromatic nitrogens is 1. The van der Waals surface area contributed by atoms with Crippen LogP contribution in [0.2, 0.25) is 0 Å². The molecule has 1 aromatic carbocycles. The van der Waals surface area contributed by atoms with Crippen molar-refractivity contribution in [3.63, 3.8) is 0 Å². The van der Waals surface area contributed by atoms with E-state index in [4.69, 9.17) is 9.47 Å². The van der Waals surface area contributed by atoms with Gasteiger partial charge in [-0.3, -0.25) is 9.78 Å². The lowest BCUT2D eigenvalue weighted by molar-refractivity contribution is -0.0437. The molecule has 1 spiro atoms. The Labute approximate surface area is 165 Å². The fourth-order valence-electron chi connectivity index (χ4n) is 4.66. The molecule has 6 nitrogen and oxygen atoms in total. The molecule has 2 aliphatic rings. The summed E-state index contributed by atoms with van der Waals surface area (Å²) in [4.78, 5) is 17.1. The number of piperidine rings is 1. The monoisotopic (exact) mass is 381 g/mol. The summed E-state index contributed by atoms with van der Waals surface area (Å²) in [7, 11) is 1.67. The van der Waals surface area contributed by atoms with Crippen molar-refractivity contribution in [2.24, 2.45) is 0 Å². The average molecular weight is 381 g/mol. The number of amides is 1. The molecular formula is C22H27N3O3. The van der Waals surface area contributed by atoms with Crippen molar-refractivity contribution in [3.05, 3.63) is 65.5 Å². The largest absolute Gasteiger partial charge is 0.382 e. The van der Waals surface area contributed by atoms with Crippen LogP contribution in [0.1, 0.15) is 40.5 Å². The standard InChI is InChI=1S/C22H27N3O3/c1-27-14-15-28-20-19(25-21(26)18-8-4-5-11-24-18)16-6-2-3-7-17(16)22(20)9-12-23-13-10-22/h2-8,11,19-20,23H,9-10,12-15H2,1H3,(H,25,26)/t19-,20+/m1/s1. The zero-order valence-corrected chi connectivity index (χ0v) is 16.2. The second-order valence-electron chi connectivity index (χ2n) is 7.44. The van der Waals surface area contributed by atoms with Crippen LogP contribution in [0.5, 0.6) is 0 Å². The molecule has 6 heteroatoms. The first-order valence-corrected chi connectivity index (χ1v) is 9.89. The lowest BCUT2D eigenvalue weighted by atomic mass is 9.72. The van der Waals surface area contributed by atoms with Gasteiger partial charge in [0.05, 0.1) is 25.4 Å². The van der Waals surface area contributed by atoms with Gasteiger partial charge in [0.1, 0.15) is 5.69 Å². The van der Waals surface area contributed by atoms with Gasteiger partial charge in [0, 0.05) is 18.7 Å². The smallest absolute Gasteiger partial charge is 0.270 e. The Morgan fingerprint density at radius 3 is 2.71 bits per heavy atom. The molecule has 2 heterocycles. The van der Waals surface area contributed by atoms with E-state index in [9.17, 15) is 4.79 Å². The number of hydrogen-bond acceptors (Lipinski definition) is 5. The van der Waals surface area contributed by atoms with E-state index in [1.165, 1.54) is 5.56 Å². The fourth-order valence-corrected chi connectivity index (χ4v) is 4.66. The van der Waals surface area contributed by atoms with Crippen LogP contribution in [0.3, 0.4) is 0 Å². The number of benzene rings is 1. The van der Waals surface area contributed by atoms with Gasteiger partial charge >= 0.3 is 0 Å². The molecule has 1 aromatic heterocycles. The Kier molecular flexibility index (Phi) is 5.71. The van der Waals surface area contributed by atoms with Crippen LogP contribution in [-0.4, -0.2) is 50.4 Å². The lowest BCUT2D eigenvalue weighted by Crippen LogP contribution is -2.50. The van der Waals surface area contributed by atoms with Crippen LogP contribution >= 0.6 is 0 Å². The van der Waals surface area contributed by atoms with Crippen LogP contribution < -0.4 is 10.6 Å². The molecule has 148 valence electrons. The van der Waals surface area contributed by atoms with Crippen molar-refractivity contribution in [2.45, 2.75) is 30.4 Å². The number of pyridine rings is 1. The van der Waals surface area contributed by atoms with E-state index in [1.54, 1.807) is 19.4 Å². The summed E-state index contributed by atoms with van der Waals surface area (Å²) in [5.41, 5.74) is 2.76. The highest BCUT2D eigenvalue weighted by molar-refractivity contribution is 5.92. The summed E-state index contributed by atoms with van der Waals surface area (Å²) in [5.74, 6) is -0.174. The second-order valence-corrected chi connectivity index (χ2v) is 7.44. The highest BCUT2D eigenvalue weighted by atomic mass is 16.5. The molecule has 2 aromatic rings. The minimum atomic E-state index is -0.208. The summed E-state index contributed by atoms with van der Waals surface area (Å²) in [6, 6.07) is 13.6. The molecule has 1 aliphatic heterocycles. The highest BCUT2D eigenvalue weighted by Gasteiger charge is 2.53. The quantitative estimate of drug-likeness (QED) is 0.751. The maximum absolute atomic E-state index is 12.9. The van der Waals surface area contributed by atoms with Gasteiger partial charge in [0.2, 0.25) is 0 Å². The maximum Gasteiger partial charge on any atom is 0.270 e. The number of carbonyl (C=O) groups is 1. The maximum atomic E-state index is 12.9. The number of fused-ring (bicyclic) bond motifs is 2. The number of ether oxygens (including phenoxy) is 2. The van der Waals surface area contributed by atoms with Crippen molar-refractivity contribution in [2.75, 3.05) is 33.4 Å². The van der Waals surface area contributed by atoms with Gasteiger partial charge in [-0.25, -0.2) is 0 Å². The van der Waals surface area contributed by atoms with Crippen molar-refractivity contribution < 1.29 is 14.3 Å². The number of methoxy groups -OCH3 is 1. The number of hydrogen-bond donors (Lipinski definition) is 2. The predicted octanol–water partition coefficient (Wildman–Crippen LogP) is 2.22. The predicted molar refractivity (Wildman–Crippen MR) is 106 cm³/mol. The summed E-state index contributed by atoms with van der Waals surface area (Å²) in [6.45, 7) is 2.92. The number of carbonyl (C=O) groups excluding carboxylic acids is 1. The molecule has 1 fully saturated rings. The first-order chi connectivity index (χ1) is 13.8. The first kappa shape index (κ1) is 19.1. The molecule has 0 bridgehead atoms. The molecule has 0 unspecified atom stereocenters. The molecule has 1 saturated heterocycles. The molecule has 4 rings (SSSR count). The van der Waals surface area contributed by atoms with Crippen LogP contribution in [-0.2, 0) is 14.9 Å². The second kappa shape index (κ2) is 8.39. The van der Waals surface area contributed by atoms with E-state index in [2.05, 4.69) is 33.8 Å². The van der Waals surface area contributed by atoms with Gasteiger partial charge < -0.3 is 20.1 Å². The zero-order chi connectivity index (χ0) is 19.4. The molecule has 2 atom stereocenters. The van der Waals surface area contributed by atoms with Crippen LogP contribution in [0.25, 0.3) is 0 Å². The van der Waals surface area contributed by atoms with E-state index < -0.39 is 0 Å². The van der Waals surface area contributed by atoms with E-state index >= 15 is 0 Å². The van der Waals surface area contributed by atoms with Crippen molar-refractivity contribution in [1.29, 1.82) is 0 Å². The van der Waals surface area contributed by atoms with E-state index in [0.29, 0.717) is 18.9 Å². The third-order valence-corrected chi connectivity index (χ3v) is 5.94. The van der Waals surface area contributed by atoms with Gasteiger partial charge in [-0.05, 0) is 49.2 Å². The summed E-state index contributed by atoms with van der Waals surface area (Å²) < 4.78 is 11.6. The van der Waals surface area contributed by atoms with Crippen molar-refractivity contribution >= 4 is 5.91 Å². The molecular weight excluding hydrogens is 354 g/mol. The zero-order valence-electron chi connectivity index (χ0n) is 16.2. The molecule has 0 saturated carbocycles. The van der Waals surface area contributed by atoms with Crippen LogP contribution in [0.4, 0.5) is 0 Å². The topological polar surface area (TPSA) is 72.5 Å². The Morgan fingerprint density at radius 2 is 1.96 bits per heavy atom. The fraction of sp³-hybridized carbons (Fsp3) is 0.455. The third kappa shape index (κ3) is 3.43. The van der Waals surface area contributed by atoms with Gasteiger partial charge in [-0.15, -0.1) is 0 Å². The molecule has 0 radical (unpaired) electrons. The van der Waals surface area contributed by atoms with E-state index in [-0.39, 0.29) is 23.5 Å². The van der Waals surface area contributed by atoms with Gasteiger partial charge in [-0.2, -0.15) is 0 Å². The molecule has 2 N–H and O–H groups in total. The third-order valence-electron chi connectivity index (χ3n) is 5.94.